The smallest absolute Gasteiger partial charge is 0.335 e. The highest BCUT2D eigenvalue weighted by Gasteiger charge is 2.29. The maximum absolute atomic E-state index is 9.77. The summed E-state index contributed by atoms with van der Waals surface area (Å²) in [4.78, 5) is 19.5. The Labute approximate surface area is 95.1 Å². The van der Waals surface area contributed by atoms with Crippen molar-refractivity contribution in [3.8, 4) is 0 Å². The van der Waals surface area contributed by atoms with E-state index in [0.717, 1.165) is 0 Å². The Hall–Kier alpha value is -2.26. The van der Waals surface area contributed by atoms with E-state index in [9.17, 15) is 9.59 Å². The summed E-state index contributed by atoms with van der Waals surface area (Å²) in [7, 11) is 0. The number of hydrogen-bond acceptors (Lipinski definition) is 7. The number of carboxylic acid groups (broad SMARTS) is 2. The van der Waals surface area contributed by atoms with Crippen molar-refractivity contribution >= 4 is 17.8 Å². The number of aromatic nitrogens is 2. The summed E-state index contributed by atoms with van der Waals surface area (Å²) in [5.41, 5.74) is 5.18. The standard InChI is InChI=1S/C4H5N3.C4H6O6/c5-4-2-1-3-6-7-4;5-1(3(7)8)2(6)4(9)10/h1-3H,(H2,5,7);1-2,5-6H,(H,7,8)(H,9,10). The van der Waals surface area contributed by atoms with E-state index in [2.05, 4.69) is 10.2 Å². The van der Waals surface area contributed by atoms with E-state index >= 15 is 0 Å². The number of carboxylic acids is 2. The Balaban J connectivity index is 0.000000318. The summed E-state index contributed by atoms with van der Waals surface area (Å²) in [6.45, 7) is 0. The molecule has 0 saturated heterocycles. The average Bonchev–Trinajstić information content (AvgIpc) is 2.28. The first-order chi connectivity index (χ1) is 7.86. The molecule has 9 heteroatoms. The topological polar surface area (TPSA) is 167 Å². The second-order valence-electron chi connectivity index (χ2n) is 2.71. The minimum Gasteiger partial charge on any atom is -0.479 e. The van der Waals surface area contributed by atoms with Crippen LogP contribution in [0.2, 0.25) is 0 Å². The molecular formula is C8H11N3O6. The van der Waals surface area contributed by atoms with Crippen LogP contribution in [0.1, 0.15) is 0 Å². The maximum atomic E-state index is 9.77. The number of aliphatic hydroxyl groups is 2. The second kappa shape index (κ2) is 7.09. The second-order valence-corrected chi connectivity index (χ2v) is 2.71. The van der Waals surface area contributed by atoms with Crippen molar-refractivity contribution in [2.24, 2.45) is 0 Å². The molecule has 2 atom stereocenters. The van der Waals surface area contributed by atoms with E-state index in [1.165, 1.54) is 0 Å². The van der Waals surface area contributed by atoms with Crippen LogP contribution in [0.15, 0.2) is 18.3 Å². The maximum Gasteiger partial charge on any atom is 0.335 e. The average molecular weight is 245 g/mol. The lowest BCUT2D eigenvalue weighted by atomic mass is 10.2. The van der Waals surface area contributed by atoms with Gasteiger partial charge in [-0.25, -0.2) is 9.59 Å². The number of nitrogen functional groups attached to an aromatic ring is 1. The van der Waals surface area contributed by atoms with Crippen LogP contribution >= 0.6 is 0 Å². The summed E-state index contributed by atoms with van der Waals surface area (Å²) in [6, 6.07) is 3.43. The Morgan fingerprint density at radius 2 is 1.65 bits per heavy atom. The molecule has 0 spiro atoms. The molecule has 94 valence electrons. The molecule has 0 amide bonds. The molecule has 1 aromatic rings. The van der Waals surface area contributed by atoms with Crippen molar-refractivity contribution < 1.29 is 30.0 Å². The van der Waals surface area contributed by atoms with E-state index in [-0.39, 0.29) is 0 Å². The first-order valence-electron chi connectivity index (χ1n) is 4.21. The fourth-order valence-corrected chi connectivity index (χ4v) is 0.584. The third-order valence-corrected chi connectivity index (χ3v) is 1.40. The molecule has 0 radical (unpaired) electrons. The minimum atomic E-state index is -2.27. The van der Waals surface area contributed by atoms with E-state index < -0.39 is 24.1 Å². The molecule has 1 heterocycles. The van der Waals surface area contributed by atoms with Crippen molar-refractivity contribution in [1.82, 2.24) is 10.2 Å². The van der Waals surface area contributed by atoms with Crippen molar-refractivity contribution in [3.05, 3.63) is 18.3 Å². The normalized spacial score (nSPS) is 12.8. The van der Waals surface area contributed by atoms with Crippen molar-refractivity contribution in [2.45, 2.75) is 12.2 Å². The van der Waals surface area contributed by atoms with Gasteiger partial charge < -0.3 is 26.2 Å². The minimum absolute atomic E-state index is 0.461. The molecule has 1 rings (SSSR count). The summed E-state index contributed by atoms with van der Waals surface area (Å²) < 4.78 is 0. The molecule has 0 aliphatic carbocycles. The highest BCUT2D eigenvalue weighted by Crippen LogP contribution is 1.92. The molecule has 0 saturated carbocycles. The summed E-state index contributed by atoms with van der Waals surface area (Å²) in [5.74, 6) is -3.08. The SMILES string of the molecule is Nc1cccnn1.O=C(O)C(O)C(O)C(=O)O. The fourth-order valence-electron chi connectivity index (χ4n) is 0.584. The van der Waals surface area contributed by atoms with Gasteiger partial charge in [0.2, 0.25) is 0 Å². The Morgan fingerprint density at radius 1 is 1.18 bits per heavy atom. The largest absolute Gasteiger partial charge is 0.479 e. The number of aliphatic carboxylic acids is 2. The van der Waals surface area contributed by atoms with Crippen LogP contribution in [0.25, 0.3) is 0 Å². The number of rotatable bonds is 3. The summed E-state index contributed by atoms with van der Waals surface area (Å²) in [5, 5.41) is 39.5. The van der Waals surface area contributed by atoms with Gasteiger partial charge >= 0.3 is 11.9 Å². The quantitative estimate of drug-likeness (QED) is 0.402. The molecule has 2 unspecified atom stereocenters. The van der Waals surface area contributed by atoms with Gasteiger partial charge in [-0.3, -0.25) is 0 Å². The lowest BCUT2D eigenvalue weighted by molar-refractivity contribution is -0.165. The molecular weight excluding hydrogens is 234 g/mol. The molecule has 6 N–H and O–H groups in total. The lowest BCUT2D eigenvalue weighted by Gasteiger charge is -2.07. The first kappa shape index (κ1) is 14.7. The molecule has 0 aliphatic rings. The van der Waals surface area contributed by atoms with E-state index in [0.29, 0.717) is 5.82 Å². The van der Waals surface area contributed by atoms with Gasteiger partial charge in [-0.1, -0.05) is 0 Å². The van der Waals surface area contributed by atoms with Crippen LogP contribution in [0.3, 0.4) is 0 Å². The van der Waals surface area contributed by atoms with Crippen LogP contribution in [0.5, 0.6) is 0 Å². The lowest BCUT2D eigenvalue weighted by Crippen LogP contribution is -2.39. The molecule has 17 heavy (non-hydrogen) atoms. The third-order valence-electron chi connectivity index (χ3n) is 1.40. The predicted molar refractivity (Wildman–Crippen MR) is 53.7 cm³/mol. The van der Waals surface area contributed by atoms with Gasteiger partial charge in [0.05, 0.1) is 0 Å². The zero-order chi connectivity index (χ0) is 13.4. The van der Waals surface area contributed by atoms with Crippen LogP contribution in [-0.4, -0.2) is 54.8 Å². The summed E-state index contributed by atoms with van der Waals surface area (Å²) in [6.07, 6.45) is -2.95. The van der Waals surface area contributed by atoms with Gasteiger partial charge in [0, 0.05) is 6.20 Å². The molecule has 1 aromatic heterocycles. The highest BCUT2D eigenvalue weighted by atomic mass is 16.4. The van der Waals surface area contributed by atoms with Crippen LogP contribution < -0.4 is 5.73 Å². The number of carbonyl (C=O) groups is 2. The zero-order valence-electron chi connectivity index (χ0n) is 8.46. The molecule has 9 nitrogen and oxygen atoms in total. The molecule has 0 aliphatic heterocycles. The van der Waals surface area contributed by atoms with Gasteiger partial charge in [-0.05, 0) is 12.1 Å². The van der Waals surface area contributed by atoms with Gasteiger partial charge in [0.15, 0.2) is 12.2 Å². The monoisotopic (exact) mass is 245 g/mol. The van der Waals surface area contributed by atoms with Crippen molar-refractivity contribution in [1.29, 1.82) is 0 Å². The van der Waals surface area contributed by atoms with Crippen molar-refractivity contribution in [2.75, 3.05) is 5.73 Å². The Morgan fingerprint density at radius 3 is 1.82 bits per heavy atom. The number of nitrogens with zero attached hydrogens (tertiary/aromatic N) is 2. The van der Waals surface area contributed by atoms with Crippen LogP contribution in [0.4, 0.5) is 5.82 Å². The van der Waals surface area contributed by atoms with Gasteiger partial charge in [0.1, 0.15) is 5.82 Å². The van der Waals surface area contributed by atoms with Gasteiger partial charge in [0.25, 0.3) is 0 Å². The Bertz CT molecular complexity index is 353. The molecule has 0 bridgehead atoms. The van der Waals surface area contributed by atoms with Gasteiger partial charge in [-0.2, -0.15) is 5.10 Å². The fraction of sp³-hybridized carbons (Fsp3) is 0.250. The van der Waals surface area contributed by atoms with Crippen molar-refractivity contribution in [3.63, 3.8) is 0 Å². The van der Waals surface area contributed by atoms with Crippen LogP contribution in [0, 0.1) is 0 Å². The Kier molecular flexibility index (Phi) is 6.14. The van der Waals surface area contributed by atoms with E-state index in [1.54, 1.807) is 18.3 Å². The van der Waals surface area contributed by atoms with Crippen LogP contribution in [-0.2, 0) is 9.59 Å². The number of nitrogens with two attached hydrogens (primary N) is 1. The molecule has 0 fully saturated rings. The van der Waals surface area contributed by atoms with E-state index in [1.807, 2.05) is 0 Å². The van der Waals surface area contributed by atoms with E-state index in [4.69, 9.17) is 26.2 Å². The number of aliphatic hydroxyl groups excluding tert-OH is 2. The zero-order valence-corrected chi connectivity index (χ0v) is 8.46. The highest BCUT2D eigenvalue weighted by molar-refractivity contribution is 5.83. The third kappa shape index (κ3) is 6.02. The number of hydrogen-bond donors (Lipinski definition) is 5. The first-order valence-corrected chi connectivity index (χ1v) is 4.21. The predicted octanol–water partition coefficient (Wildman–Crippen LogP) is -2.06. The number of anilines is 1. The van der Waals surface area contributed by atoms with Gasteiger partial charge in [-0.15, -0.1) is 5.10 Å². The molecule has 0 aromatic carbocycles. The summed E-state index contributed by atoms with van der Waals surface area (Å²) >= 11 is 0.